The quantitative estimate of drug-likeness (QED) is 0.693. The molecule has 0 atom stereocenters. The average molecular weight is 233 g/mol. The Morgan fingerprint density at radius 3 is 3.00 bits per heavy atom. The first-order chi connectivity index (χ1) is 8.15. The number of aromatic amines is 1. The van der Waals surface area contributed by atoms with Gasteiger partial charge < -0.3 is 15.4 Å². The highest BCUT2D eigenvalue weighted by Gasteiger charge is 2.03. The summed E-state index contributed by atoms with van der Waals surface area (Å²) in [4.78, 5) is 7.68. The minimum absolute atomic E-state index is 0.269. The lowest BCUT2D eigenvalue weighted by Gasteiger charge is -2.05. The van der Waals surface area contributed by atoms with Gasteiger partial charge in [0.2, 0.25) is 0 Å². The number of fused-ring (bicyclic) bond motifs is 1. The Kier molecular flexibility index (Phi) is 3.64. The molecule has 0 aliphatic heterocycles. The van der Waals surface area contributed by atoms with Gasteiger partial charge in [-0.3, -0.25) is 0 Å². The average Bonchev–Trinajstić information content (AvgIpc) is 2.66. The topological polar surface area (TPSA) is 60.9 Å². The van der Waals surface area contributed by atoms with Crippen molar-refractivity contribution in [1.82, 2.24) is 15.3 Å². The highest BCUT2D eigenvalue weighted by molar-refractivity contribution is 5.76. The summed E-state index contributed by atoms with van der Waals surface area (Å²) in [6.07, 6.45) is 0.877. The predicted molar refractivity (Wildman–Crippen MR) is 69.2 cm³/mol. The minimum Gasteiger partial charge on any atom is -0.508 e. The van der Waals surface area contributed by atoms with E-state index in [4.69, 9.17) is 0 Å². The highest BCUT2D eigenvalue weighted by atomic mass is 16.3. The summed E-state index contributed by atoms with van der Waals surface area (Å²) >= 11 is 0. The molecule has 1 heterocycles. The van der Waals surface area contributed by atoms with Crippen molar-refractivity contribution in [2.75, 3.05) is 13.1 Å². The fourth-order valence-corrected chi connectivity index (χ4v) is 1.77. The van der Waals surface area contributed by atoms with Crippen LogP contribution in [-0.2, 0) is 6.42 Å². The molecule has 3 N–H and O–H groups in total. The van der Waals surface area contributed by atoms with Crippen LogP contribution in [0.2, 0.25) is 0 Å². The summed E-state index contributed by atoms with van der Waals surface area (Å²) in [5.41, 5.74) is 1.80. The largest absolute Gasteiger partial charge is 0.508 e. The maximum atomic E-state index is 9.35. The molecular weight excluding hydrogens is 214 g/mol. The van der Waals surface area contributed by atoms with Gasteiger partial charge in [0.15, 0.2) is 0 Å². The summed E-state index contributed by atoms with van der Waals surface area (Å²) in [5, 5.41) is 12.7. The van der Waals surface area contributed by atoms with Crippen molar-refractivity contribution < 1.29 is 5.11 Å². The van der Waals surface area contributed by atoms with Crippen LogP contribution in [0.5, 0.6) is 5.75 Å². The Hall–Kier alpha value is -1.55. The number of H-pyrrole nitrogens is 1. The van der Waals surface area contributed by atoms with E-state index in [0.29, 0.717) is 5.92 Å². The number of rotatable bonds is 5. The molecule has 0 saturated carbocycles. The number of aromatic hydroxyl groups is 1. The first-order valence-corrected chi connectivity index (χ1v) is 6.03. The maximum absolute atomic E-state index is 9.35. The number of imidazole rings is 1. The van der Waals surface area contributed by atoms with E-state index in [1.807, 2.05) is 6.07 Å². The summed E-state index contributed by atoms with van der Waals surface area (Å²) < 4.78 is 0. The van der Waals surface area contributed by atoms with Gasteiger partial charge in [0.25, 0.3) is 0 Å². The lowest BCUT2D eigenvalue weighted by molar-refractivity contribution is 0.476. The van der Waals surface area contributed by atoms with E-state index in [1.54, 1.807) is 12.1 Å². The molecule has 2 rings (SSSR count). The van der Waals surface area contributed by atoms with Gasteiger partial charge >= 0.3 is 0 Å². The Balaban J connectivity index is 1.95. The second-order valence-electron chi connectivity index (χ2n) is 4.73. The van der Waals surface area contributed by atoms with Crippen LogP contribution in [-0.4, -0.2) is 28.2 Å². The molecule has 0 radical (unpaired) electrons. The summed E-state index contributed by atoms with van der Waals surface area (Å²) in [7, 11) is 0. The van der Waals surface area contributed by atoms with E-state index < -0.39 is 0 Å². The summed E-state index contributed by atoms with van der Waals surface area (Å²) in [5.74, 6) is 1.90. The molecule has 0 bridgehead atoms. The van der Waals surface area contributed by atoms with Crippen molar-refractivity contribution >= 4 is 11.0 Å². The molecule has 2 aromatic rings. The van der Waals surface area contributed by atoms with Gasteiger partial charge in [-0.25, -0.2) is 4.98 Å². The molecule has 0 amide bonds. The molecule has 92 valence electrons. The Bertz CT molecular complexity index is 490. The molecular formula is C13H19N3O. The lowest BCUT2D eigenvalue weighted by atomic mass is 10.2. The van der Waals surface area contributed by atoms with Crippen molar-refractivity contribution in [3.05, 3.63) is 24.0 Å². The van der Waals surface area contributed by atoms with Crippen molar-refractivity contribution in [2.45, 2.75) is 20.3 Å². The van der Waals surface area contributed by atoms with Gasteiger partial charge in [-0.1, -0.05) is 13.8 Å². The molecule has 0 fully saturated rings. The van der Waals surface area contributed by atoms with Crippen molar-refractivity contribution in [3.63, 3.8) is 0 Å². The highest BCUT2D eigenvalue weighted by Crippen LogP contribution is 2.17. The molecule has 1 aromatic heterocycles. The molecule has 0 spiro atoms. The van der Waals surface area contributed by atoms with E-state index in [2.05, 4.69) is 29.1 Å². The smallest absolute Gasteiger partial charge is 0.117 e. The van der Waals surface area contributed by atoms with Crippen LogP contribution >= 0.6 is 0 Å². The van der Waals surface area contributed by atoms with Crippen molar-refractivity contribution in [1.29, 1.82) is 0 Å². The zero-order chi connectivity index (χ0) is 12.3. The lowest BCUT2D eigenvalue weighted by Crippen LogP contribution is -2.22. The van der Waals surface area contributed by atoms with Crippen LogP contribution in [0.15, 0.2) is 18.2 Å². The number of aromatic nitrogens is 2. The van der Waals surface area contributed by atoms with Gasteiger partial charge in [-0.2, -0.15) is 0 Å². The number of phenolic OH excluding ortho intramolecular Hbond substituents is 1. The maximum Gasteiger partial charge on any atom is 0.117 e. The first kappa shape index (κ1) is 11.9. The molecule has 0 saturated heterocycles. The monoisotopic (exact) mass is 233 g/mol. The van der Waals surface area contributed by atoms with E-state index in [0.717, 1.165) is 36.4 Å². The molecule has 4 nitrogen and oxygen atoms in total. The number of phenols is 1. The van der Waals surface area contributed by atoms with E-state index in [1.165, 1.54) is 0 Å². The Morgan fingerprint density at radius 1 is 1.41 bits per heavy atom. The van der Waals surface area contributed by atoms with Crippen LogP contribution < -0.4 is 5.32 Å². The third-order valence-corrected chi connectivity index (χ3v) is 2.61. The zero-order valence-electron chi connectivity index (χ0n) is 10.3. The fraction of sp³-hybridized carbons (Fsp3) is 0.462. The summed E-state index contributed by atoms with van der Waals surface area (Å²) in [6, 6.07) is 5.18. The van der Waals surface area contributed by atoms with Crippen LogP contribution in [0, 0.1) is 5.92 Å². The van der Waals surface area contributed by atoms with E-state index >= 15 is 0 Å². The van der Waals surface area contributed by atoms with Crippen LogP contribution in [0.4, 0.5) is 0 Å². The standard InChI is InChI=1S/C13H19N3O/c1-9(2)8-14-6-5-13-15-11-4-3-10(17)7-12(11)16-13/h3-4,7,9,14,17H,5-6,8H2,1-2H3,(H,15,16). The molecule has 17 heavy (non-hydrogen) atoms. The molecule has 0 aliphatic carbocycles. The SMILES string of the molecule is CC(C)CNCCc1nc2ccc(O)cc2[nH]1. The van der Waals surface area contributed by atoms with Crippen LogP contribution in [0.25, 0.3) is 11.0 Å². The fourth-order valence-electron chi connectivity index (χ4n) is 1.77. The van der Waals surface area contributed by atoms with Crippen molar-refractivity contribution in [2.24, 2.45) is 5.92 Å². The third-order valence-electron chi connectivity index (χ3n) is 2.61. The number of hydrogen-bond donors (Lipinski definition) is 3. The minimum atomic E-state index is 0.269. The van der Waals surface area contributed by atoms with E-state index in [-0.39, 0.29) is 5.75 Å². The van der Waals surface area contributed by atoms with Gasteiger partial charge in [-0.15, -0.1) is 0 Å². The number of benzene rings is 1. The molecule has 0 unspecified atom stereocenters. The second-order valence-corrected chi connectivity index (χ2v) is 4.73. The second kappa shape index (κ2) is 5.19. The Morgan fingerprint density at radius 2 is 2.24 bits per heavy atom. The van der Waals surface area contributed by atoms with Gasteiger partial charge in [0.05, 0.1) is 11.0 Å². The Labute approximate surface area is 101 Å². The first-order valence-electron chi connectivity index (χ1n) is 6.03. The normalized spacial score (nSPS) is 11.5. The van der Waals surface area contributed by atoms with Gasteiger partial charge in [-0.05, 0) is 24.6 Å². The van der Waals surface area contributed by atoms with Crippen LogP contribution in [0.3, 0.4) is 0 Å². The van der Waals surface area contributed by atoms with E-state index in [9.17, 15) is 5.11 Å². The summed E-state index contributed by atoms with van der Waals surface area (Å²) in [6.45, 7) is 6.33. The van der Waals surface area contributed by atoms with Gasteiger partial charge in [0.1, 0.15) is 11.6 Å². The number of hydrogen-bond acceptors (Lipinski definition) is 3. The molecule has 0 aliphatic rings. The predicted octanol–water partition coefficient (Wildman–Crippen LogP) is 2.06. The van der Waals surface area contributed by atoms with Crippen LogP contribution in [0.1, 0.15) is 19.7 Å². The third kappa shape index (κ3) is 3.20. The molecule has 1 aromatic carbocycles. The number of nitrogens with zero attached hydrogens (tertiary/aromatic N) is 1. The number of nitrogens with one attached hydrogen (secondary N) is 2. The molecule has 4 heteroatoms. The zero-order valence-corrected chi connectivity index (χ0v) is 10.3. The van der Waals surface area contributed by atoms with Crippen molar-refractivity contribution in [3.8, 4) is 5.75 Å². The van der Waals surface area contributed by atoms with Gasteiger partial charge in [0, 0.05) is 19.0 Å².